The van der Waals surface area contributed by atoms with Gasteiger partial charge in [0.1, 0.15) is 5.56 Å². The summed E-state index contributed by atoms with van der Waals surface area (Å²) in [6.07, 6.45) is 0.760. The first kappa shape index (κ1) is 23.3. The van der Waals surface area contributed by atoms with E-state index in [1.54, 1.807) is 11.7 Å². The Kier molecular flexibility index (Phi) is 5.73. The summed E-state index contributed by atoms with van der Waals surface area (Å²) in [6, 6.07) is 20.0. The highest BCUT2D eigenvalue weighted by Gasteiger charge is 2.41. The molecule has 0 fully saturated rings. The Morgan fingerprint density at radius 2 is 1.65 bits per heavy atom. The van der Waals surface area contributed by atoms with Crippen molar-refractivity contribution in [2.45, 2.75) is 12.5 Å². The van der Waals surface area contributed by atoms with Gasteiger partial charge < -0.3 is 24.2 Å². The number of nitrogens with zero attached hydrogens (tertiary/aromatic N) is 2. The molecule has 2 aliphatic heterocycles. The first-order valence-electron chi connectivity index (χ1n) is 12.0. The van der Waals surface area contributed by atoms with Crippen LogP contribution >= 0.6 is 12.2 Å². The molecule has 6 rings (SSSR count). The van der Waals surface area contributed by atoms with Crippen LogP contribution in [0.25, 0.3) is 11.4 Å². The molecule has 0 saturated carbocycles. The third-order valence-electron chi connectivity index (χ3n) is 7.10. The fourth-order valence-corrected chi connectivity index (χ4v) is 5.78. The van der Waals surface area contributed by atoms with Crippen LogP contribution in [0.4, 0.5) is 0 Å². The lowest BCUT2D eigenvalue weighted by Gasteiger charge is -2.33. The van der Waals surface area contributed by atoms with Gasteiger partial charge in [0.15, 0.2) is 22.3 Å². The summed E-state index contributed by atoms with van der Waals surface area (Å²) in [7, 11) is 3.59. The highest BCUT2D eigenvalue weighted by atomic mass is 32.1. The fourth-order valence-electron chi connectivity index (χ4n) is 5.40. The van der Waals surface area contributed by atoms with Gasteiger partial charge >= 0.3 is 0 Å². The average Bonchev–Trinajstić information content (AvgIpc) is 3.38. The van der Waals surface area contributed by atoms with Gasteiger partial charge in [-0.05, 0) is 48.1 Å². The number of hydrogen-bond acceptors (Lipinski definition) is 6. The predicted octanol–water partition coefficient (Wildman–Crippen LogP) is 2.96. The zero-order chi connectivity index (χ0) is 25.7. The number of nitrogens with one attached hydrogen (secondary N) is 1. The third kappa shape index (κ3) is 3.61. The second-order valence-corrected chi connectivity index (χ2v) is 9.53. The van der Waals surface area contributed by atoms with Gasteiger partial charge in [-0.15, -0.1) is 0 Å². The highest BCUT2D eigenvalue weighted by molar-refractivity contribution is 7.71. The van der Waals surface area contributed by atoms with Crippen molar-refractivity contribution in [3.63, 3.8) is 0 Å². The number of para-hydroxylation sites is 2. The number of rotatable bonds is 4. The molecule has 0 bridgehead atoms. The quantitative estimate of drug-likeness (QED) is 0.406. The SMILES string of the molecule is COc1c2c(cc3c1[C@@H](c1c(O)n(-c4ccccc4)c(=S)n(-c4ccccc4)c1=O)[NH+](C)CC3)OCO2. The lowest BCUT2D eigenvalue weighted by molar-refractivity contribution is -0.908. The maximum Gasteiger partial charge on any atom is 0.272 e. The normalized spacial score (nSPS) is 17.9. The number of ether oxygens (including phenoxy) is 3. The zero-order valence-corrected chi connectivity index (χ0v) is 21.2. The molecule has 0 spiro atoms. The topological polar surface area (TPSA) is 79.3 Å². The number of benzene rings is 3. The number of hydrogen-bond donors (Lipinski definition) is 2. The fraction of sp³-hybridized carbons (Fsp3) is 0.214. The van der Waals surface area contributed by atoms with Crippen LogP contribution in [0.2, 0.25) is 0 Å². The van der Waals surface area contributed by atoms with Crippen LogP contribution in [0.3, 0.4) is 0 Å². The molecular weight excluding hydrogens is 490 g/mol. The maximum absolute atomic E-state index is 14.3. The van der Waals surface area contributed by atoms with Crippen molar-refractivity contribution in [1.82, 2.24) is 9.13 Å². The second-order valence-electron chi connectivity index (χ2n) is 9.16. The molecule has 0 saturated heterocycles. The van der Waals surface area contributed by atoms with Gasteiger partial charge in [0.2, 0.25) is 18.4 Å². The van der Waals surface area contributed by atoms with E-state index in [2.05, 4.69) is 0 Å². The van der Waals surface area contributed by atoms with Crippen molar-refractivity contribution in [1.29, 1.82) is 0 Å². The Balaban J connectivity index is 1.71. The van der Waals surface area contributed by atoms with Gasteiger partial charge in [0, 0.05) is 6.42 Å². The largest absolute Gasteiger partial charge is 0.494 e. The molecule has 0 radical (unpaired) electrons. The molecule has 9 heteroatoms. The number of aromatic hydroxyl groups is 1. The van der Waals surface area contributed by atoms with Crippen LogP contribution in [0.1, 0.15) is 22.7 Å². The first-order chi connectivity index (χ1) is 18.0. The van der Waals surface area contributed by atoms with E-state index < -0.39 is 6.04 Å². The minimum Gasteiger partial charge on any atom is -0.494 e. The lowest BCUT2D eigenvalue weighted by atomic mass is 9.87. The molecule has 1 unspecified atom stereocenters. The Bertz CT molecular complexity index is 1620. The van der Waals surface area contributed by atoms with Crippen molar-refractivity contribution in [2.24, 2.45) is 0 Å². The van der Waals surface area contributed by atoms with Gasteiger partial charge in [0.05, 0.1) is 37.6 Å². The Hall–Kier alpha value is -4.08. The van der Waals surface area contributed by atoms with Crippen molar-refractivity contribution in [3.8, 4) is 34.5 Å². The minimum atomic E-state index is -0.541. The van der Waals surface area contributed by atoms with Crippen molar-refractivity contribution < 1.29 is 24.2 Å². The zero-order valence-electron chi connectivity index (χ0n) is 20.4. The highest BCUT2D eigenvalue weighted by Crippen LogP contribution is 2.48. The number of likely N-dealkylation sites (N-methyl/N-ethyl adjacent to an activating group) is 1. The molecule has 188 valence electrons. The second kappa shape index (κ2) is 9.10. The Morgan fingerprint density at radius 1 is 1.00 bits per heavy atom. The van der Waals surface area contributed by atoms with E-state index in [0.717, 1.165) is 29.0 Å². The molecule has 0 amide bonds. The first-order valence-corrected chi connectivity index (χ1v) is 12.5. The number of fused-ring (bicyclic) bond motifs is 2. The standard InChI is InChI=1S/C28H25N3O5S/c1-29-14-13-17-15-20-24(36-16-35-20)25(34-2)21(17)23(29)22-26(32)30(18-9-5-3-6-10-18)28(37)31(27(22)33)19-11-7-4-8-12-19/h3-12,15,23,32H,13-14,16H2,1-2H3/p+1/t23-/m0/s1. The van der Waals surface area contributed by atoms with Crippen molar-refractivity contribution in [2.75, 3.05) is 27.5 Å². The smallest absolute Gasteiger partial charge is 0.272 e. The molecule has 2 atom stereocenters. The van der Waals surface area contributed by atoms with Gasteiger partial charge in [-0.2, -0.15) is 0 Å². The molecule has 1 aromatic heterocycles. The van der Waals surface area contributed by atoms with Crippen LogP contribution in [0.5, 0.6) is 23.1 Å². The lowest BCUT2D eigenvalue weighted by Crippen LogP contribution is -3.10. The van der Waals surface area contributed by atoms with Crippen molar-refractivity contribution in [3.05, 3.63) is 98.5 Å². The Morgan fingerprint density at radius 3 is 2.30 bits per heavy atom. The van der Waals surface area contributed by atoms with Crippen LogP contribution < -0.4 is 24.7 Å². The number of quaternary nitrogens is 1. The molecule has 3 aromatic carbocycles. The minimum absolute atomic E-state index is 0.104. The Labute approximate surface area is 218 Å². The monoisotopic (exact) mass is 516 g/mol. The van der Waals surface area contributed by atoms with Gasteiger partial charge in [-0.25, -0.2) is 0 Å². The maximum atomic E-state index is 14.3. The van der Waals surface area contributed by atoms with Crippen LogP contribution in [0, 0.1) is 4.77 Å². The summed E-state index contributed by atoms with van der Waals surface area (Å²) < 4.78 is 20.5. The molecular formula is C28H26N3O5S+. The molecule has 3 heterocycles. The van der Waals surface area contributed by atoms with E-state index >= 15 is 0 Å². The molecule has 8 nitrogen and oxygen atoms in total. The van der Waals surface area contributed by atoms with Gasteiger partial charge in [0.25, 0.3) is 5.56 Å². The summed E-state index contributed by atoms with van der Waals surface area (Å²) in [5.41, 5.74) is 2.93. The number of aromatic nitrogens is 2. The van der Waals surface area contributed by atoms with E-state index in [1.165, 1.54) is 4.57 Å². The summed E-state index contributed by atoms with van der Waals surface area (Å²) in [6.45, 7) is 0.846. The summed E-state index contributed by atoms with van der Waals surface area (Å²) in [5.74, 6) is 1.47. The van der Waals surface area contributed by atoms with E-state index in [-0.39, 0.29) is 28.6 Å². The summed E-state index contributed by atoms with van der Waals surface area (Å²) in [5, 5.41) is 11.8. The van der Waals surface area contributed by atoms with E-state index in [4.69, 9.17) is 26.4 Å². The van der Waals surface area contributed by atoms with Crippen LogP contribution in [-0.2, 0) is 6.42 Å². The number of methoxy groups -OCH3 is 1. The average molecular weight is 517 g/mol. The summed E-state index contributed by atoms with van der Waals surface area (Å²) in [4.78, 5) is 15.3. The van der Waals surface area contributed by atoms with E-state index in [0.29, 0.717) is 28.6 Å². The van der Waals surface area contributed by atoms with Crippen LogP contribution in [-0.4, -0.2) is 41.7 Å². The van der Waals surface area contributed by atoms with E-state index in [1.807, 2.05) is 73.8 Å². The van der Waals surface area contributed by atoms with Gasteiger partial charge in [-0.1, -0.05) is 36.4 Å². The van der Waals surface area contributed by atoms with Crippen molar-refractivity contribution >= 4 is 12.2 Å². The van der Waals surface area contributed by atoms with E-state index in [9.17, 15) is 9.90 Å². The third-order valence-corrected chi connectivity index (χ3v) is 7.47. The predicted molar refractivity (Wildman–Crippen MR) is 140 cm³/mol. The van der Waals surface area contributed by atoms with Gasteiger partial charge in [-0.3, -0.25) is 13.9 Å². The molecule has 2 N–H and O–H groups in total. The molecule has 37 heavy (non-hydrogen) atoms. The van der Waals surface area contributed by atoms with Crippen LogP contribution in [0.15, 0.2) is 71.5 Å². The molecule has 2 aliphatic rings. The summed E-state index contributed by atoms with van der Waals surface area (Å²) >= 11 is 5.81. The molecule has 4 aromatic rings. The molecule has 0 aliphatic carbocycles.